The molecule has 3 rings (SSSR count). The number of hydrogen-bond acceptors (Lipinski definition) is 5. The first kappa shape index (κ1) is 15.8. The van der Waals surface area contributed by atoms with Crippen LogP contribution in [0.15, 0.2) is 18.2 Å². The van der Waals surface area contributed by atoms with Crippen LogP contribution in [-0.4, -0.2) is 49.1 Å². The van der Waals surface area contributed by atoms with Gasteiger partial charge in [0.15, 0.2) is 11.5 Å². The topological polar surface area (TPSA) is 51.2 Å². The third-order valence-electron chi connectivity index (χ3n) is 3.97. The van der Waals surface area contributed by atoms with E-state index in [2.05, 4.69) is 11.8 Å². The molecule has 0 saturated carbocycles. The van der Waals surface area contributed by atoms with Crippen LogP contribution in [0.1, 0.15) is 27.7 Å². The van der Waals surface area contributed by atoms with Gasteiger partial charge in [0.2, 0.25) is 6.79 Å². The average Bonchev–Trinajstić information content (AvgIpc) is 2.92. The van der Waals surface area contributed by atoms with Gasteiger partial charge in [-0.25, -0.2) is 4.79 Å². The van der Waals surface area contributed by atoms with E-state index in [1.54, 1.807) is 4.90 Å². The Balaban J connectivity index is 1.66. The predicted octanol–water partition coefficient (Wildman–Crippen LogP) is 2.86. The minimum atomic E-state index is -0.464. The molecule has 23 heavy (non-hydrogen) atoms. The highest BCUT2D eigenvalue weighted by atomic mass is 16.7. The van der Waals surface area contributed by atoms with Gasteiger partial charge in [-0.15, -0.1) is 0 Å². The average molecular weight is 320 g/mol. The number of piperazine rings is 1. The van der Waals surface area contributed by atoms with E-state index in [4.69, 9.17) is 14.2 Å². The maximum Gasteiger partial charge on any atom is 0.410 e. The molecule has 0 aromatic heterocycles. The fraction of sp³-hybridized carbons (Fsp3) is 0.588. The quantitative estimate of drug-likeness (QED) is 0.796. The molecule has 0 radical (unpaired) electrons. The Morgan fingerprint density at radius 2 is 1.96 bits per heavy atom. The van der Waals surface area contributed by atoms with E-state index in [-0.39, 0.29) is 18.9 Å². The van der Waals surface area contributed by atoms with Gasteiger partial charge in [-0.1, -0.05) is 0 Å². The molecule has 0 spiro atoms. The third kappa shape index (κ3) is 3.46. The van der Waals surface area contributed by atoms with Crippen molar-refractivity contribution in [2.45, 2.75) is 39.3 Å². The number of benzene rings is 1. The number of hydrogen-bond donors (Lipinski definition) is 0. The number of anilines is 1. The first-order chi connectivity index (χ1) is 10.8. The van der Waals surface area contributed by atoms with Gasteiger partial charge in [-0.05, 0) is 39.8 Å². The fourth-order valence-corrected chi connectivity index (χ4v) is 2.90. The third-order valence-corrected chi connectivity index (χ3v) is 3.97. The summed E-state index contributed by atoms with van der Waals surface area (Å²) in [5.41, 5.74) is 0.625. The van der Waals surface area contributed by atoms with Gasteiger partial charge in [-0.2, -0.15) is 0 Å². The summed E-state index contributed by atoms with van der Waals surface area (Å²) in [5.74, 6) is 1.57. The zero-order chi connectivity index (χ0) is 16.6. The van der Waals surface area contributed by atoms with Crippen LogP contribution in [0.2, 0.25) is 0 Å². The lowest BCUT2D eigenvalue weighted by molar-refractivity contribution is 0.0219. The monoisotopic (exact) mass is 320 g/mol. The van der Waals surface area contributed by atoms with Crippen molar-refractivity contribution in [2.24, 2.45) is 0 Å². The van der Waals surface area contributed by atoms with Crippen LogP contribution in [-0.2, 0) is 4.74 Å². The molecule has 2 aliphatic rings. The van der Waals surface area contributed by atoms with Gasteiger partial charge in [-0.3, -0.25) is 0 Å². The van der Waals surface area contributed by atoms with Crippen molar-refractivity contribution < 1.29 is 19.0 Å². The van der Waals surface area contributed by atoms with Crippen molar-refractivity contribution in [2.75, 3.05) is 31.3 Å². The van der Waals surface area contributed by atoms with Crippen molar-refractivity contribution in [3.05, 3.63) is 18.2 Å². The molecule has 6 nitrogen and oxygen atoms in total. The maximum atomic E-state index is 12.2. The van der Waals surface area contributed by atoms with Crippen LogP contribution >= 0.6 is 0 Å². The summed E-state index contributed by atoms with van der Waals surface area (Å²) >= 11 is 0. The zero-order valence-electron chi connectivity index (χ0n) is 14.2. The predicted molar refractivity (Wildman–Crippen MR) is 87.2 cm³/mol. The summed E-state index contributed by atoms with van der Waals surface area (Å²) in [5, 5.41) is 0. The molecular formula is C17H24N2O4. The molecule has 6 heteroatoms. The molecule has 0 unspecified atom stereocenters. The minimum Gasteiger partial charge on any atom is -0.454 e. The Morgan fingerprint density at radius 1 is 1.22 bits per heavy atom. The van der Waals surface area contributed by atoms with Crippen LogP contribution in [0.25, 0.3) is 0 Å². The van der Waals surface area contributed by atoms with E-state index in [0.717, 1.165) is 23.7 Å². The molecule has 0 aliphatic carbocycles. The highest BCUT2D eigenvalue weighted by Crippen LogP contribution is 2.36. The molecule has 1 amide bonds. The molecule has 0 N–H and O–H groups in total. The molecule has 1 fully saturated rings. The van der Waals surface area contributed by atoms with Gasteiger partial charge < -0.3 is 24.0 Å². The van der Waals surface area contributed by atoms with E-state index in [0.29, 0.717) is 13.1 Å². The Hall–Kier alpha value is -2.11. The summed E-state index contributed by atoms with van der Waals surface area (Å²) in [7, 11) is 0. The molecule has 1 aromatic rings. The lowest BCUT2D eigenvalue weighted by Gasteiger charge is -2.41. The highest BCUT2D eigenvalue weighted by Gasteiger charge is 2.30. The van der Waals surface area contributed by atoms with Crippen LogP contribution in [0, 0.1) is 0 Å². The number of carbonyl (C=O) groups excluding carboxylic acids is 1. The smallest absolute Gasteiger partial charge is 0.410 e. The number of carbonyl (C=O) groups is 1. The summed E-state index contributed by atoms with van der Waals surface area (Å²) in [6.07, 6.45) is -0.241. The molecule has 0 bridgehead atoms. The van der Waals surface area contributed by atoms with E-state index in [9.17, 15) is 4.79 Å². The first-order valence-corrected chi connectivity index (χ1v) is 7.98. The van der Waals surface area contributed by atoms with Crippen molar-refractivity contribution in [3.63, 3.8) is 0 Å². The van der Waals surface area contributed by atoms with Crippen molar-refractivity contribution in [1.82, 2.24) is 4.90 Å². The zero-order valence-corrected chi connectivity index (χ0v) is 14.2. The Kier molecular flexibility index (Phi) is 4.00. The summed E-state index contributed by atoms with van der Waals surface area (Å²) in [4.78, 5) is 16.3. The van der Waals surface area contributed by atoms with Crippen LogP contribution < -0.4 is 14.4 Å². The lowest BCUT2D eigenvalue weighted by atomic mass is 10.1. The second kappa shape index (κ2) is 5.83. The van der Waals surface area contributed by atoms with Crippen LogP contribution in [0.3, 0.4) is 0 Å². The SMILES string of the molecule is C[C@@H]1CN(C(=O)OC(C)(C)C)CCN1c1ccc2c(c1)OCO2. The molecule has 126 valence electrons. The van der Waals surface area contributed by atoms with Gasteiger partial charge >= 0.3 is 6.09 Å². The number of rotatable bonds is 1. The highest BCUT2D eigenvalue weighted by molar-refractivity contribution is 5.69. The number of amides is 1. The molecule has 1 atom stereocenters. The number of ether oxygens (including phenoxy) is 3. The molecule has 2 aliphatic heterocycles. The van der Waals surface area contributed by atoms with E-state index in [1.165, 1.54) is 0 Å². The summed E-state index contributed by atoms with van der Waals surface area (Å²) in [6.45, 7) is 10.1. The second-order valence-corrected chi connectivity index (χ2v) is 7.01. The number of fused-ring (bicyclic) bond motifs is 1. The molecule has 2 heterocycles. The normalized spacial score (nSPS) is 20.6. The standard InChI is InChI=1S/C17H24N2O4/c1-12-10-18(16(20)23-17(2,3)4)7-8-19(12)13-5-6-14-15(9-13)22-11-21-14/h5-6,9,12H,7-8,10-11H2,1-4H3/t12-/m1/s1. The Bertz CT molecular complexity index is 597. The number of nitrogens with zero attached hydrogens (tertiary/aromatic N) is 2. The lowest BCUT2D eigenvalue weighted by Crippen LogP contribution is -2.54. The van der Waals surface area contributed by atoms with E-state index < -0.39 is 5.60 Å². The van der Waals surface area contributed by atoms with E-state index in [1.807, 2.05) is 39.0 Å². The summed E-state index contributed by atoms with van der Waals surface area (Å²) < 4.78 is 16.3. The molecule has 1 saturated heterocycles. The second-order valence-electron chi connectivity index (χ2n) is 7.01. The maximum absolute atomic E-state index is 12.2. The van der Waals surface area contributed by atoms with E-state index >= 15 is 0 Å². The van der Waals surface area contributed by atoms with Gasteiger partial charge in [0.25, 0.3) is 0 Å². The fourth-order valence-electron chi connectivity index (χ4n) is 2.90. The van der Waals surface area contributed by atoms with Crippen molar-refractivity contribution in [1.29, 1.82) is 0 Å². The van der Waals surface area contributed by atoms with Crippen molar-refractivity contribution >= 4 is 11.8 Å². The molecular weight excluding hydrogens is 296 g/mol. The van der Waals surface area contributed by atoms with Crippen molar-refractivity contribution in [3.8, 4) is 11.5 Å². The Labute approximate surface area is 136 Å². The Morgan fingerprint density at radius 3 is 2.65 bits per heavy atom. The first-order valence-electron chi connectivity index (χ1n) is 7.98. The van der Waals surface area contributed by atoms with Gasteiger partial charge in [0, 0.05) is 37.4 Å². The largest absolute Gasteiger partial charge is 0.454 e. The van der Waals surface area contributed by atoms with Gasteiger partial charge in [0.1, 0.15) is 5.60 Å². The summed E-state index contributed by atoms with van der Waals surface area (Å²) in [6, 6.07) is 6.18. The van der Waals surface area contributed by atoms with Gasteiger partial charge in [0.05, 0.1) is 0 Å². The van der Waals surface area contributed by atoms with Crippen LogP contribution in [0.4, 0.5) is 10.5 Å². The molecule has 1 aromatic carbocycles. The minimum absolute atomic E-state index is 0.205. The van der Waals surface area contributed by atoms with Crippen LogP contribution in [0.5, 0.6) is 11.5 Å².